The van der Waals surface area contributed by atoms with Gasteiger partial charge in [-0.3, -0.25) is 4.79 Å². The van der Waals surface area contributed by atoms with Crippen molar-refractivity contribution < 1.29 is 27.2 Å². The molecule has 0 aliphatic heterocycles. The van der Waals surface area contributed by atoms with Gasteiger partial charge in [-0.25, -0.2) is 13.2 Å². The van der Waals surface area contributed by atoms with Gasteiger partial charge >= 0.3 is 5.97 Å². The van der Waals surface area contributed by atoms with Gasteiger partial charge in [0, 0.05) is 24.9 Å². The van der Waals surface area contributed by atoms with Gasteiger partial charge in [0.25, 0.3) is 5.91 Å². The number of hydrogen-bond donors (Lipinski definition) is 1. The summed E-state index contributed by atoms with van der Waals surface area (Å²) in [5.74, 6) is -0.793. The van der Waals surface area contributed by atoms with E-state index in [-0.39, 0.29) is 4.90 Å². The zero-order valence-corrected chi connectivity index (χ0v) is 18.3. The van der Waals surface area contributed by atoms with E-state index in [4.69, 9.17) is 9.15 Å². The number of carbonyl (C=O) groups is 2. The van der Waals surface area contributed by atoms with Gasteiger partial charge in [-0.05, 0) is 58.4 Å². The number of halogens is 1. The molecule has 0 atom stereocenters. The molecule has 0 saturated heterocycles. The van der Waals surface area contributed by atoms with E-state index in [9.17, 15) is 18.0 Å². The summed E-state index contributed by atoms with van der Waals surface area (Å²) in [7, 11) is -3.56. The zero-order valence-electron chi connectivity index (χ0n) is 15.9. The molecule has 0 bridgehead atoms. The van der Waals surface area contributed by atoms with Crippen LogP contribution in [0.3, 0.4) is 0 Å². The lowest BCUT2D eigenvalue weighted by Crippen LogP contribution is -2.30. The molecule has 1 aromatic heterocycles. The molecule has 1 heterocycles. The van der Waals surface area contributed by atoms with Crippen molar-refractivity contribution in [2.45, 2.75) is 18.7 Å². The molecule has 29 heavy (non-hydrogen) atoms. The average Bonchev–Trinajstić information content (AvgIpc) is 3.11. The van der Waals surface area contributed by atoms with E-state index in [1.807, 2.05) is 0 Å². The summed E-state index contributed by atoms with van der Waals surface area (Å²) in [5.41, 5.74) is 0.389. The summed E-state index contributed by atoms with van der Waals surface area (Å²) >= 11 is 3.14. The van der Waals surface area contributed by atoms with Crippen molar-refractivity contribution in [2.75, 3.05) is 25.0 Å². The minimum atomic E-state index is -3.56. The molecule has 2 rings (SSSR count). The highest BCUT2D eigenvalue weighted by Crippen LogP contribution is 2.18. The predicted octanol–water partition coefficient (Wildman–Crippen LogP) is 3.27. The molecule has 0 aliphatic carbocycles. The van der Waals surface area contributed by atoms with Crippen molar-refractivity contribution in [1.82, 2.24) is 4.31 Å². The van der Waals surface area contributed by atoms with Gasteiger partial charge in [0.05, 0.1) is 4.90 Å². The molecule has 0 saturated carbocycles. The van der Waals surface area contributed by atoms with Crippen molar-refractivity contribution >= 4 is 49.6 Å². The van der Waals surface area contributed by atoms with Crippen LogP contribution in [0.15, 0.2) is 56.5 Å². The summed E-state index contributed by atoms with van der Waals surface area (Å²) < 4.78 is 36.8. The maximum Gasteiger partial charge on any atom is 0.331 e. The Morgan fingerprint density at radius 3 is 2.34 bits per heavy atom. The van der Waals surface area contributed by atoms with E-state index >= 15 is 0 Å². The topological polar surface area (TPSA) is 106 Å². The lowest BCUT2D eigenvalue weighted by molar-refractivity contribution is -0.142. The summed E-state index contributed by atoms with van der Waals surface area (Å²) in [6, 6.07) is 9.12. The van der Waals surface area contributed by atoms with Crippen LogP contribution >= 0.6 is 15.9 Å². The van der Waals surface area contributed by atoms with Gasteiger partial charge in [-0.1, -0.05) is 13.8 Å². The fraction of sp³-hybridized carbons (Fsp3) is 0.263. The van der Waals surface area contributed by atoms with E-state index in [1.165, 1.54) is 34.6 Å². The van der Waals surface area contributed by atoms with E-state index in [1.54, 1.807) is 26.0 Å². The number of nitrogens with one attached hydrogen (secondary N) is 1. The summed E-state index contributed by atoms with van der Waals surface area (Å²) in [5, 5.41) is 2.54. The number of nitrogens with zero attached hydrogens (tertiary/aromatic N) is 1. The first-order valence-electron chi connectivity index (χ1n) is 8.76. The number of carbonyl (C=O) groups excluding carboxylic acids is 2. The Labute approximate surface area is 177 Å². The maximum absolute atomic E-state index is 12.4. The van der Waals surface area contributed by atoms with E-state index < -0.39 is 28.5 Å². The van der Waals surface area contributed by atoms with Gasteiger partial charge in [0.1, 0.15) is 5.76 Å². The Kier molecular flexibility index (Phi) is 8.18. The Morgan fingerprint density at radius 2 is 1.79 bits per heavy atom. The third-order valence-corrected chi connectivity index (χ3v) is 6.29. The molecule has 1 amide bonds. The van der Waals surface area contributed by atoms with Crippen LogP contribution in [-0.4, -0.2) is 44.3 Å². The van der Waals surface area contributed by atoms with Crippen LogP contribution in [0.1, 0.15) is 19.6 Å². The van der Waals surface area contributed by atoms with Gasteiger partial charge < -0.3 is 14.5 Å². The number of rotatable bonds is 9. The minimum Gasteiger partial charge on any atom is -0.452 e. The Hall–Kier alpha value is -2.43. The number of sulfonamides is 1. The lowest BCUT2D eigenvalue weighted by Gasteiger charge is -2.18. The normalized spacial score (nSPS) is 11.7. The molecule has 0 unspecified atom stereocenters. The molecular weight excluding hydrogens is 464 g/mol. The van der Waals surface area contributed by atoms with Gasteiger partial charge in [0.15, 0.2) is 11.3 Å². The highest BCUT2D eigenvalue weighted by atomic mass is 79.9. The number of ether oxygens (including phenoxy) is 1. The second kappa shape index (κ2) is 10.4. The van der Waals surface area contributed by atoms with Crippen molar-refractivity contribution in [3.8, 4) is 0 Å². The van der Waals surface area contributed by atoms with Crippen LogP contribution in [-0.2, 0) is 24.3 Å². The molecular formula is C19H21BrN2O6S. The van der Waals surface area contributed by atoms with Crippen LogP contribution in [0.4, 0.5) is 5.69 Å². The fourth-order valence-corrected chi connectivity index (χ4v) is 4.15. The standard InChI is InChI=1S/C19H21BrN2O6S/c1-3-22(4-2)29(25,26)16-9-5-14(6-10-16)21-18(23)13-27-19(24)12-8-15-7-11-17(20)28-15/h5-12H,3-4,13H2,1-2H3,(H,21,23)/b12-8+. The molecule has 0 spiro atoms. The van der Waals surface area contributed by atoms with Crippen molar-refractivity contribution in [1.29, 1.82) is 0 Å². The molecule has 0 aliphatic rings. The molecule has 0 fully saturated rings. The summed E-state index contributed by atoms with van der Waals surface area (Å²) in [6.45, 7) is 3.78. The monoisotopic (exact) mass is 484 g/mol. The first-order valence-corrected chi connectivity index (χ1v) is 11.0. The molecule has 10 heteroatoms. The quantitative estimate of drug-likeness (QED) is 0.432. The zero-order chi connectivity index (χ0) is 21.4. The highest BCUT2D eigenvalue weighted by Gasteiger charge is 2.21. The smallest absolute Gasteiger partial charge is 0.331 e. The van der Waals surface area contributed by atoms with Crippen LogP contribution in [0.2, 0.25) is 0 Å². The van der Waals surface area contributed by atoms with Gasteiger partial charge in [-0.2, -0.15) is 4.31 Å². The number of esters is 1. The number of anilines is 1. The average molecular weight is 485 g/mol. The Bertz CT molecular complexity index is 978. The first-order chi connectivity index (χ1) is 13.8. The number of amides is 1. The molecule has 0 radical (unpaired) electrons. The molecule has 2 aromatic rings. The fourth-order valence-electron chi connectivity index (χ4n) is 2.37. The maximum atomic E-state index is 12.4. The number of furan rings is 1. The first kappa shape index (κ1) is 22.9. The Balaban J connectivity index is 1.87. The molecule has 1 aromatic carbocycles. The molecule has 1 N–H and O–H groups in total. The Morgan fingerprint density at radius 1 is 1.14 bits per heavy atom. The SMILES string of the molecule is CCN(CC)S(=O)(=O)c1ccc(NC(=O)COC(=O)/C=C/c2ccc(Br)o2)cc1. The lowest BCUT2D eigenvalue weighted by atomic mass is 10.3. The van der Waals surface area contributed by atoms with Crippen LogP contribution in [0.5, 0.6) is 0 Å². The summed E-state index contributed by atoms with van der Waals surface area (Å²) in [6.07, 6.45) is 2.56. The van der Waals surface area contributed by atoms with Crippen molar-refractivity contribution in [3.63, 3.8) is 0 Å². The second-order valence-electron chi connectivity index (χ2n) is 5.74. The second-order valence-corrected chi connectivity index (χ2v) is 8.46. The summed E-state index contributed by atoms with van der Waals surface area (Å²) in [4.78, 5) is 23.7. The van der Waals surface area contributed by atoms with Crippen molar-refractivity contribution in [3.05, 3.63) is 52.9 Å². The molecule has 8 nitrogen and oxygen atoms in total. The van der Waals surface area contributed by atoms with E-state index in [2.05, 4.69) is 21.2 Å². The third kappa shape index (κ3) is 6.55. The van der Waals surface area contributed by atoms with Crippen LogP contribution in [0, 0.1) is 0 Å². The number of benzene rings is 1. The highest BCUT2D eigenvalue weighted by molar-refractivity contribution is 9.10. The van der Waals surface area contributed by atoms with Gasteiger partial charge in [-0.15, -0.1) is 0 Å². The van der Waals surface area contributed by atoms with E-state index in [0.717, 1.165) is 6.08 Å². The van der Waals surface area contributed by atoms with Gasteiger partial charge in [0.2, 0.25) is 10.0 Å². The van der Waals surface area contributed by atoms with E-state index in [0.29, 0.717) is 29.2 Å². The largest absolute Gasteiger partial charge is 0.452 e. The molecule has 156 valence electrons. The minimum absolute atomic E-state index is 0.139. The van der Waals surface area contributed by atoms with Crippen LogP contribution in [0.25, 0.3) is 6.08 Å². The van der Waals surface area contributed by atoms with Crippen LogP contribution < -0.4 is 5.32 Å². The third-order valence-electron chi connectivity index (χ3n) is 3.80. The predicted molar refractivity (Wildman–Crippen MR) is 112 cm³/mol. The van der Waals surface area contributed by atoms with Crippen molar-refractivity contribution in [2.24, 2.45) is 0 Å². The number of hydrogen-bond acceptors (Lipinski definition) is 6.